The highest BCUT2D eigenvalue weighted by Crippen LogP contribution is 2.31. The van der Waals surface area contributed by atoms with Gasteiger partial charge in [0.05, 0.1) is 23.0 Å². The molecule has 11 heteroatoms. The second-order valence-electron chi connectivity index (χ2n) is 6.74. The van der Waals surface area contributed by atoms with E-state index in [1.54, 1.807) is 0 Å². The Morgan fingerprint density at radius 3 is 2.61 bits per heavy atom. The standard InChI is InChI=1S/C17H23N3O7S/c21-17(18-13-3-1-2-4-13)12-27-16-6-5-14(11-15(16)20(22)23)28(24,25)19-7-9-26-10-8-19/h5-6,11,13H,1-4,7-10,12H2,(H,18,21). The minimum atomic E-state index is -3.87. The van der Waals surface area contributed by atoms with Crippen LogP contribution in [0.3, 0.4) is 0 Å². The number of ether oxygens (including phenoxy) is 2. The summed E-state index contributed by atoms with van der Waals surface area (Å²) < 4.78 is 37.0. The van der Waals surface area contributed by atoms with Gasteiger partial charge in [-0.3, -0.25) is 14.9 Å². The monoisotopic (exact) mass is 413 g/mol. The molecule has 2 aliphatic rings. The molecule has 0 spiro atoms. The Morgan fingerprint density at radius 2 is 1.96 bits per heavy atom. The Bertz CT molecular complexity index is 831. The molecule has 0 unspecified atom stereocenters. The van der Waals surface area contributed by atoms with Crippen molar-refractivity contribution in [2.24, 2.45) is 0 Å². The molecule has 3 rings (SSSR count). The van der Waals surface area contributed by atoms with Gasteiger partial charge in [0.1, 0.15) is 0 Å². The highest BCUT2D eigenvalue weighted by molar-refractivity contribution is 7.89. The van der Waals surface area contributed by atoms with Crippen LogP contribution in [0.4, 0.5) is 5.69 Å². The summed E-state index contributed by atoms with van der Waals surface area (Å²) in [7, 11) is -3.87. The Labute approximate surface area is 163 Å². The van der Waals surface area contributed by atoms with Crippen molar-refractivity contribution >= 4 is 21.6 Å². The van der Waals surface area contributed by atoms with Crippen molar-refractivity contribution in [3.05, 3.63) is 28.3 Å². The Kier molecular flexibility index (Phi) is 6.47. The summed E-state index contributed by atoms with van der Waals surface area (Å²) >= 11 is 0. The predicted octanol–water partition coefficient (Wildman–Crippen LogP) is 1.05. The van der Waals surface area contributed by atoms with Crippen LogP contribution in [-0.2, 0) is 19.6 Å². The molecule has 154 valence electrons. The molecule has 10 nitrogen and oxygen atoms in total. The van der Waals surface area contributed by atoms with Crippen molar-refractivity contribution in [1.82, 2.24) is 9.62 Å². The zero-order valence-corrected chi connectivity index (χ0v) is 16.2. The minimum absolute atomic E-state index is 0.118. The molecule has 1 amide bonds. The van der Waals surface area contributed by atoms with Gasteiger partial charge in [0.15, 0.2) is 12.4 Å². The van der Waals surface area contributed by atoms with Crippen molar-refractivity contribution in [3.63, 3.8) is 0 Å². The van der Waals surface area contributed by atoms with E-state index in [0.29, 0.717) is 0 Å². The topological polar surface area (TPSA) is 128 Å². The molecule has 1 saturated heterocycles. The first-order chi connectivity index (χ1) is 13.4. The van der Waals surface area contributed by atoms with Gasteiger partial charge in [-0.15, -0.1) is 0 Å². The third-order valence-corrected chi connectivity index (χ3v) is 6.71. The number of sulfonamides is 1. The fourth-order valence-corrected chi connectivity index (χ4v) is 4.77. The maximum absolute atomic E-state index is 12.7. The highest BCUT2D eigenvalue weighted by atomic mass is 32.2. The largest absolute Gasteiger partial charge is 0.477 e. The Morgan fingerprint density at radius 1 is 1.29 bits per heavy atom. The number of morpholine rings is 1. The third kappa shape index (κ3) is 4.78. The van der Waals surface area contributed by atoms with Crippen LogP contribution in [0.15, 0.2) is 23.1 Å². The number of rotatable bonds is 7. The molecule has 1 N–H and O–H groups in total. The van der Waals surface area contributed by atoms with Crippen molar-refractivity contribution in [3.8, 4) is 5.75 Å². The average Bonchev–Trinajstić information content (AvgIpc) is 3.19. The molecule has 2 fully saturated rings. The number of carbonyl (C=O) groups is 1. The van der Waals surface area contributed by atoms with Gasteiger partial charge in [-0.25, -0.2) is 8.42 Å². The molecule has 1 heterocycles. The summed E-state index contributed by atoms with van der Waals surface area (Å²) in [6.07, 6.45) is 3.96. The van der Waals surface area contributed by atoms with E-state index in [0.717, 1.165) is 31.7 Å². The van der Waals surface area contributed by atoms with Crippen LogP contribution in [-0.4, -0.2) is 62.5 Å². The van der Waals surface area contributed by atoms with E-state index in [2.05, 4.69) is 5.32 Å². The number of carbonyl (C=O) groups excluding carboxylic acids is 1. The first-order valence-electron chi connectivity index (χ1n) is 9.16. The molecule has 1 saturated carbocycles. The molecule has 0 atom stereocenters. The van der Waals surface area contributed by atoms with Gasteiger partial charge in [-0.1, -0.05) is 12.8 Å². The van der Waals surface area contributed by atoms with Gasteiger partial charge in [0.2, 0.25) is 10.0 Å². The lowest BCUT2D eigenvalue weighted by molar-refractivity contribution is -0.386. The van der Waals surface area contributed by atoms with Crippen LogP contribution in [0.25, 0.3) is 0 Å². The summed E-state index contributed by atoms with van der Waals surface area (Å²) in [5.74, 6) is -0.501. The summed E-state index contributed by atoms with van der Waals surface area (Å²) in [5.41, 5.74) is -0.497. The summed E-state index contributed by atoms with van der Waals surface area (Å²) in [6, 6.07) is 3.55. The van der Waals surface area contributed by atoms with Gasteiger partial charge in [0.25, 0.3) is 5.91 Å². The van der Waals surface area contributed by atoms with E-state index in [9.17, 15) is 23.3 Å². The van der Waals surface area contributed by atoms with E-state index in [4.69, 9.17) is 9.47 Å². The molecule has 1 aromatic carbocycles. The highest BCUT2D eigenvalue weighted by Gasteiger charge is 2.29. The molecule has 1 aromatic rings. The van der Waals surface area contributed by atoms with E-state index in [1.807, 2.05) is 0 Å². The van der Waals surface area contributed by atoms with Crippen LogP contribution >= 0.6 is 0 Å². The van der Waals surface area contributed by atoms with Crippen LogP contribution in [0.2, 0.25) is 0 Å². The smallest absolute Gasteiger partial charge is 0.312 e. The van der Waals surface area contributed by atoms with Gasteiger partial charge in [-0.2, -0.15) is 4.31 Å². The van der Waals surface area contributed by atoms with Crippen molar-refractivity contribution in [1.29, 1.82) is 0 Å². The number of nitrogens with zero attached hydrogens (tertiary/aromatic N) is 2. The van der Waals surface area contributed by atoms with Crippen molar-refractivity contribution in [2.75, 3.05) is 32.9 Å². The fraction of sp³-hybridized carbons (Fsp3) is 0.588. The molecular weight excluding hydrogens is 390 g/mol. The zero-order chi connectivity index (χ0) is 20.1. The number of amides is 1. The van der Waals surface area contributed by atoms with Crippen molar-refractivity contribution in [2.45, 2.75) is 36.6 Å². The average molecular weight is 413 g/mol. The number of nitro groups is 1. The maximum Gasteiger partial charge on any atom is 0.312 e. The van der Waals surface area contributed by atoms with Gasteiger partial charge < -0.3 is 14.8 Å². The summed E-state index contributed by atoms with van der Waals surface area (Å²) in [5, 5.41) is 14.2. The summed E-state index contributed by atoms with van der Waals surface area (Å²) in [6.45, 7) is 0.565. The number of hydrogen-bond donors (Lipinski definition) is 1. The van der Waals surface area contributed by atoms with E-state index < -0.39 is 20.6 Å². The lowest BCUT2D eigenvalue weighted by Crippen LogP contribution is -2.40. The Balaban J connectivity index is 1.71. The molecule has 0 bridgehead atoms. The van der Waals surface area contributed by atoms with Gasteiger partial charge >= 0.3 is 5.69 Å². The molecule has 0 radical (unpaired) electrons. The molecule has 0 aromatic heterocycles. The van der Waals surface area contributed by atoms with E-state index >= 15 is 0 Å². The van der Waals surface area contributed by atoms with Crippen LogP contribution in [0.5, 0.6) is 5.75 Å². The predicted molar refractivity (Wildman–Crippen MR) is 98.6 cm³/mol. The first kappa shape index (κ1) is 20.5. The van der Waals surface area contributed by atoms with Crippen LogP contribution < -0.4 is 10.1 Å². The quantitative estimate of drug-likeness (QED) is 0.523. The van der Waals surface area contributed by atoms with E-state index in [1.165, 1.54) is 16.4 Å². The normalized spacial score (nSPS) is 18.7. The van der Waals surface area contributed by atoms with E-state index in [-0.39, 0.29) is 55.5 Å². The number of nitrogens with one attached hydrogen (secondary N) is 1. The number of nitro benzene ring substituents is 1. The molecule has 1 aliphatic heterocycles. The summed E-state index contributed by atoms with van der Waals surface area (Å²) in [4.78, 5) is 22.5. The van der Waals surface area contributed by atoms with Crippen molar-refractivity contribution < 1.29 is 27.6 Å². The molecular formula is C17H23N3O7S. The Hall–Kier alpha value is -2.24. The lowest BCUT2D eigenvalue weighted by atomic mass is 10.2. The SMILES string of the molecule is O=C(COc1ccc(S(=O)(=O)N2CCOCC2)cc1[N+](=O)[O-])NC1CCCC1. The molecule has 28 heavy (non-hydrogen) atoms. The molecule has 1 aliphatic carbocycles. The number of hydrogen-bond acceptors (Lipinski definition) is 7. The van der Waals surface area contributed by atoms with Crippen LogP contribution in [0.1, 0.15) is 25.7 Å². The minimum Gasteiger partial charge on any atom is -0.477 e. The van der Waals surface area contributed by atoms with Gasteiger partial charge in [0, 0.05) is 25.2 Å². The fourth-order valence-electron chi connectivity index (χ4n) is 3.34. The lowest BCUT2D eigenvalue weighted by Gasteiger charge is -2.26. The maximum atomic E-state index is 12.7. The number of benzene rings is 1. The van der Waals surface area contributed by atoms with Crippen LogP contribution in [0, 0.1) is 10.1 Å². The first-order valence-corrected chi connectivity index (χ1v) is 10.6. The zero-order valence-electron chi connectivity index (χ0n) is 15.3. The van der Waals surface area contributed by atoms with Gasteiger partial charge in [-0.05, 0) is 25.0 Å². The third-order valence-electron chi connectivity index (χ3n) is 4.81. The second kappa shape index (κ2) is 8.84. The second-order valence-corrected chi connectivity index (χ2v) is 8.68.